The number of aromatic nitrogens is 2. The van der Waals surface area contributed by atoms with Crippen LogP contribution in [0.5, 0.6) is 0 Å². The molecule has 3 rings (SSSR count). The third-order valence-corrected chi connectivity index (χ3v) is 5.10. The van der Waals surface area contributed by atoms with E-state index in [2.05, 4.69) is 14.9 Å². The number of halogens is 1. The zero-order valence-electron chi connectivity index (χ0n) is 14.5. The van der Waals surface area contributed by atoms with E-state index in [4.69, 9.17) is 9.26 Å². The first kappa shape index (κ1) is 19.6. The summed E-state index contributed by atoms with van der Waals surface area (Å²) in [6.07, 6.45) is -0.243. The van der Waals surface area contributed by atoms with Crippen LogP contribution in [0.1, 0.15) is 12.3 Å². The van der Waals surface area contributed by atoms with Crippen LogP contribution in [-0.4, -0.2) is 31.1 Å². The lowest BCUT2D eigenvalue weighted by molar-refractivity contribution is -0.145. The molecule has 1 heterocycles. The van der Waals surface area contributed by atoms with E-state index in [1.54, 1.807) is 0 Å². The zero-order chi connectivity index (χ0) is 20.0. The van der Waals surface area contributed by atoms with Crippen LogP contribution in [0.3, 0.4) is 0 Å². The van der Waals surface area contributed by atoms with Gasteiger partial charge in [-0.2, -0.15) is 4.98 Å². The number of nitrogens with one attached hydrogen (secondary N) is 1. The lowest BCUT2D eigenvalue weighted by Crippen LogP contribution is -2.27. The Morgan fingerprint density at radius 2 is 1.82 bits per heavy atom. The molecule has 2 aromatic carbocycles. The molecule has 28 heavy (non-hydrogen) atoms. The fraction of sp³-hybridized carbons (Fsp3) is 0.167. The van der Waals surface area contributed by atoms with Crippen molar-refractivity contribution in [2.45, 2.75) is 17.9 Å². The van der Waals surface area contributed by atoms with Crippen LogP contribution in [0, 0.1) is 5.82 Å². The van der Waals surface area contributed by atoms with E-state index in [-0.39, 0.29) is 25.5 Å². The van der Waals surface area contributed by atoms with E-state index in [1.165, 1.54) is 12.1 Å². The monoisotopic (exact) mass is 405 g/mol. The van der Waals surface area contributed by atoms with Crippen LogP contribution in [0.25, 0.3) is 11.4 Å². The summed E-state index contributed by atoms with van der Waals surface area (Å²) in [4.78, 5) is 15.4. The Bertz CT molecular complexity index is 1050. The van der Waals surface area contributed by atoms with Crippen LogP contribution < -0.4 is 4.72 Å². The predicted octanol–water partition coefficient (Wildman–Crippen LogP) is 2.29. The normalized spacial score (nSPS) is 11.3. The van der Waals surface area contributed by atoms with Gasteiger partial charge in [-0.3, -0.25) is 4.79 Å². The van der Waals surface area contributed by atoms with Gasteiger partial charge in [0.25, 0.3) is 5.89 Å². The first-order valence-electron chi connectivity index (χ1n) is 8.23. The number of rotatable bonds is 8. The SMILES string of the molecule is O=C(CCNS(=O)(=O)c1ccccc1F)OCc1nc(-c2ccccc2)no1. The smallest absolute Gasteiger partial charge is 0.307 e. The van der Waals surface area contributed by atoms with Gasteiger partial charge in [-0.05, 0) is 12.1 Å². The van der Waals surface area contributed by atoms with E-state index in [9.17, 15) is 17.6 Å². The number of esters is 1. The van der Waals surface area contributed by atoms with Gasteiger partial charge in [0, 0.05) is 12.1 Å². The molecule has 0 fully saturated rings. The zero-order valence-corrected chi connectivity index (χ0v) is 15.4. The van der Waals surface area contributed by atoms with Crippen molar-refractivity contribution in [3.05, 3.63) is 66.3 Å². The molecule has 0 unspecified atom stereocenters. The Labute approximate surface area is 160 Å². The van der Waals surface area contributed by atoms with Crippen LogP contribution >= 0.6 is 0 Å². The van der Waals surface area contributed by atoms with Crippen molar-refractivity contribution in [1.82, 2.24) is 14.9 Å². The van der Waals surface area contributed by atoms with E-state index in [1.807, 2.05) is 30.3 Å². The van der Waals surface area contributed by atoms with Gasteiger partial charge in [0.15, 0.2) is 6.61 Å². The van der Waals surface area contributed by atoms with Crippen LogP contribution in [-0.2, 0) is 26.2 Å². The molecule has 0 amide bonds. The van der Waals surface area contributed by atoms with Gasteiger partial charge in [-0.1, -0.05) is 47.6 Å². The summed E-state index contributed by atoms with van der Waals surface area (Å²) in [5.41, 5.74) is 0.756. The second kappa shape index (κ2) is 8.72. The molecule has 0 radical (unpaired) electrons. The van der Waals surface area contributed by atoms with Gasteiger partial charge in [-0.25, -0.2) is 17.5 Å². The molecule has 8 nitrogen and oxygen atoms in total. The second-order valence-corrected chi connectivity index (χ2v) is 7.35. The minimum absolute atomic E-state index is 0.110. The van der Waals surface area contributed by atoms with E-state index in [0.717, 1.165) is 17.7 Å². The molecule has 0 saturated heterocycles. The molecule has 0 aliphatic rings. The van der Waals surface area contributed by atoms with Gasteiger partial charge in [0.2, 0.25) is 15.8 Å². The van der Waals surface area contributed by atoms with Gasteiger partial charge < -0.3 is 9.26 Å². The maximum absolute atomic E-state index is 13.6. The number of hydrogen-bond donors (Lipinski definition) is 1. The van der Waals surface area contributed by atoms with E-state index in [0.29, 0.717) is 5.82 Å². The molecule has 0 aliphatic carbocycles. The summed E-state index contributed by atoms with van der Waals surface area (Å²) >= 11 is 0. The minimum atomic E-state index is -4.05. The Morgan fingerprint density at radius 1 is 1.11 bits per heavy atom. The highest BCUT2D eigenvalue weighted by Crippen LogP contribution is 2.15. The maximum atomic E-state index is 13.6. The van der Waals surface area contributed by atoms with Crippen molar-refractivity contribution in [2.24, 2.45) is 0 Å². The maximum Gasteiger partial charge on any atom is 0.307 e. The van der Waals surface area contributed by atoms with Crippen molar-refractivity contribution in [3.63, 3.8) is 0 Å². The first-order chi connectivity index (χ1) is 13.5. The van der Waals surface area contributed by atoms with Crippen molar-refractivity contribution in [2.75, 3.05) is 6.54 Å². The Hall–Kier alpha value is -3.11. The number of ether oxygens (including phenoxy) is 1. The lowest BCUT2D eigenvalue weighted by Gasteiger charge is -2.07. The standard InChI is InChI=1S/C18H16FN3O5S/c19-14-8-4-5-9-15(14)28(24,25)20-11-10-17(23)26-12-16-21-18(22-27-16)13-6-2-1-3-7-13/h1-9,20H,10-12H2. The summed E-state index contributed by atoms with van der Waals surface area (Å²) in [5, 5.41) is 3.80. The van der Waals surface area contributed by atoms with Crippen molar-refractivity contribution >= 4 is 16.0 Å². The van der Waals surface area contributed by atoms with Crippen molar-refractivity contribution < 1.29 is 26.9 Å². The molecule has 0 saturated carbocycles. The van der Waals surface area contributed by atoms with Gasteiger partial charge in [0.05, 0.1) is 6.42 Å². The topological polar surface area (TPSA) is 111 Å². The third kappa shape index (κ3) is 4.99. The quantitative estimate of drug-likeness (QED) is 0.572. The van der Waals surface area contributed by atoms with Crippen molar-refractivity contribution in [3.8, 4) is 11.4 Å². The van der Waals surface area contributed by atoms with E-state index < -0.39 is 26.7 Å². The molecule has 1 aromatic heterocycles. The number of benzene rings is 2. The number of hydrogen-bond acceptors (Lipinski definition) is 7. The molecule has 10 heteroatoms. The van der Waals surface area contributed by atoms with Crippen molar-refractivity contribution in [1.29, 1.82) is 0 Å². The molecule has 0 bridgehead atoms. The minimum Gasteiger partial charge on any atom is -0.456 e. The van der Waals surface area contributed by atoms with Gasteiger partial charge in [-0.15, -0.1) is 0 Å². The lowest BCUT2D eigenvalue weighted by atomic mass is 10.2. The van der Waals surface area contributed by atoms with Crippen LogP contribution in [0.15, 0.2) is 64.0 Å². The Kier molecular flexibility index (Phi) is 6.12. The Morgan fingerprint density at radius 3 is 2.57 bits per heavy atom. The highest BCUT2D eigenvalue weighted by Gasteiger charge is 2.18. The predicted molar refractivity (Wildman–Crippen MR) is 95.7 cm³/mol. The fourth-order valence-electron chi connectivity index (χ4n) is 2.26. The number of sulfonamides is 1. The number of carbonyl (C=O) groups excluding carboxylic acids is 1. The van der Waals surface area contributed by atoms with Gasteiger partial charge >= 0.3 is 5.97 Å². The summed E-state index contributed by atoms with van der Waals surface area (Å²) in [5.74, 6) is -1.07. The summed E-state index contributed by atoms with van der Waals surface area (Å²) in [6, 6.07) is 14.1. The molecular formula is C18H16FN3O5S. The highest BCUT2D eigenvalue weighted by atomic mass is 32.2. The molecule has 0 atom stereocenters. The third-order valence-electron chi connectivity index (χ3n) is 3.60. The highest BCUT2D eigenvalue weighted by molar-refractivity contribution is 7.89. The van der Waals surface area contributed by atoms with E-state index >= 15 is 0 Å². The van der Waals surface area contributed by atoms with Gasteiger partial charge in [0.1, 0.15) is 10.7 Å². The largest absolute Gasteiger partial charge is 0.456 e. The molecule has 1 N–H and O–H groups in total. The average Bonchev–Trinajstić information content (AvgIpc) is 3.16. The molecule has 0 spiro atoms. The fourth-order valence-corrected chi connectivity index (χ4v) is 3.37. The first-order valence-corrected chi connectivity index (χ1v) is 9.72. The second-order valence-electron chi connectivity index (χ2n) is 5.62. The molecule has 3 aromatic rings. The average molecular weight is 405 g/mol. The summed E-state index contributed by atoms with van der Waals surface area (Å²) in [6.45, 7) is -0.479. The Balaban J connectivity index is 1.46. The number of nitrogens with zero attached hydrogens (tertiary/aromatic N) is 2. The van der Waals surface area contributed by atoms with Crippen LogP contribution in [0.2, 0.25) is 0 Å². The molecule has 146 valence electrons. The molecule has 0 aliphatic heterocycles. The number of carbonyl (C=O) groups is 1. The van der Waals surface area contributed by atoms with Crippen LogP contribution in [0.4, 0.5) is 4.39 Å². The summed E-state index contributed by atoms with van der Waals surface area (Å²) in [7, 11) is -4.05. The summed E-state index contributed by atoms with van der Waals surface area (Å²) < 4.78 is 49.7. The molecular weight excluding hydrogens is 389 g/mol.